The van der Waals surface area contributed by atoms with Crippen molar-refractivity contribution in [1.29, 1.82) is 0 Å². The molecule has 0 atom stereocenters. The van der Waals surface area contributed by atoms with E-state index in [1.165, 1.54) is 19.3 Å². The minimum atomic E-state index is 0.306. The van der Waals surface area contributed by atoms with Crippen LogP contribution in [0.5, 0.6) is 5.88 Å². The van der Waals surface area contributed by atoms with E-state index in [1.807, 2.05) is 23.2 Å². The molecule has 7 heteroatoms. The topological polar surface area (TPSA) is 78.9 Å². The van der Waals surface area contributed by atoms with Crippen LogP contribution >= 0.6 is 0 Å². The third-order valence-corrected chi connectivity index (χ3v) is 5.29. The Bertz CT molecular complexity index is 658. The van der Waals surface area contributed by atoms with Crippen molar-refractivity contribution < 1.29 is 9.53 Å². The van der Waals surface area contributed by atoms with Gasteiger partial charge in [-0.3, -0.25) is 4.79 Å². The highest BCUT2D eigenvalue weighted by atomic mass is 16.5. The summed E-state index contributed by atoms with van der Waals surface area (Å²) in [5, 5.41) is 6.64. The number of hydrogen-bond acceptors (Lipinski definition) is 4. The van der Waals surface area contributed by atoms with Gasteiger partial charge in [0, 0.05) is 44.9 Å². The number of rotatable bonds is 10. The minimum absolute atomic E-state index is 0.306. The fourth-order valence-electron chi connectivity index (χ4n) is 3.34. The third-order valence-electron chi connectivity index (χ3n) is 5.29. The first kappa shape index (κ1) is 21.4. The van der Waals surface area contributed by atoms with E-state index in [0.29, 0.717) is 24.8 Å². The van der Waals surface area contributed by atoms with Crippen LogP contribution in [0.3, 0.4) is 0 Å². The maximum absolute atomic E-state index is 12.1. The van der Waals surface area contributed by atoms with Crippen molar-refractivity contribution >= 4 is 11.9 Å². The lowest BCUT2D eigenvalue weighted by atomic mass is 10.2. The Morgan fingerprint density at radius 3 is 2.93 bits per heavy atom. The second-order valence-corrected chi connectivity index (χ2v) is 7.93. The molecule has 7 nitrogen and oxygen atoms in total. The molecule has 1 aliphatic heterocycles. The van der Waals surface area contributed by atoms with E-state index in [2.05, 4.69) is 27.5 Å². The summed E-state index contributed by atoms with van der Waals surface area (Å²) in [5.41, 5.74) is 1.05. The van der Waals surface area contributed by atoms with Crippen LogP contribution in [-0.2, 0) is 11.3 Å². The Balaban J connectivity index is 1.39. The van der Waals surface area contributed by atoms with Crippen molar-refractivity contribution in [2.45, 2.75) is 58.4 Å². The molecule has 160 valence electrons. The first-order chi connectivity index (χ1) is 14.2. The number of likely N-dealkylation sites (tertiary alicyclic amines) is 1. The predicted octanol–water partition coefficient (Wildman–Crippen LogP) is 2.72. The van der Waals surface area contributed by atoms with E-state index >= 15 is 0 Å². The van der Waals surface area contributed by atoms with E-state index in [4.69, 9.17) is 4.74 Å². The number of aromatic nitrogens is 1. The molecule has 2 heterocycles. The summed E-state index contributed by atoms with van der Waals surface area (Å²) in [6.45, 7) is 6.72. The molecule has 1 saturated heterocycles. The van der Waals surface area contributed by atoms with Crippen LogP contribution in [0.4, 0.5) is 0 Å². The number of aliphatic imine (C=N–C) groups is 1. The summed E-state index contributed by atoms with van der Waals surface area (Å²) in [4.78, 5) is 23.1. The minimum Gasteiger partial charge on any atom is -0.477 e. The first-order valence-corrected chi connectivity index (χ1v) is 11.1. The van der Waals surface area contributed by atoms with Crippen LogP contribution in [0.25, 0.3) is 0 Å². The largest absolute Gasteiger partial charge is 0.477 e. The molecular formula is C22H35N5O2. The Kier molecular flexibility index (Phi) is 8.58. The summed E-state index contributed by atoms with van der Waals surface area (Å²) in [5.74, 6) is 2.52. The smallest absolute Gasteiger partial charge is 0.222 e. The summed E-state index contributed by atoms with van der Waals surface area (Å²) < 4.78 is 5.68. The van der Waals surface area contributed by atoms with E-state index in [-0.39, 0.29) is 0 Å². The molecule has 0 bridgehead atoms. The molecule has 0 unspecified atom stereocenters. The number of guanidine groups is 1. The van der Waals surface area contributed by atoms with Crippen molar-refractivity contribution in [1.82, 2.24) is 20.5 Å². The highest BCUT2D eigenvalue weighted by Crippen LogP contribution is 2.29. The molecular weight excluding hydrogens is 366 g/mol. The zero-order chi connectivity index (χ0) is 20.3. The van der Waals surface area contributed by atoms with E-state index < -0.39 is 0 Å². The number of nitrogens with zero attached hydrogens (tertiary/aromatic N) is 3. The zero-order valence-electron chi connectivity index (χ0n) is 17.7. The van der Waals surface area contributed by atoms with Gasteiger partial charge in [0.15, 0.2) is 5.96 Å². The molecule has 2 N–H and O–H groups in total. The Labute approximate surface area is 174 Å². The number of carbonyl (C=O) groups is 1. The molecule has 3 rings (SSSR count). The van der Waals surface area contributed by atoms with Crippen LogP contribution in [0.2, 0.25) is 0 Å². The van der Waals surface area contributed by atoms with Gasteiger partial charge >= 0.3 is 0 Å². The average Bonchev–Trinajstić information content (AvgIpc) is 3.57. The number of hydrogen-bond donors (Lipinski definition) is 2. The monoisotopic (exact) mass is 401 g/mol. The number of carbonyl (C=O) groups excluding carboxylic acids is 1. The fourth-order valence-corrected chi connectivity index (χ4v) is 3.34. The van der Waals surface area contributed by atoms with E-state index in [0.717, 1.165) is 69.5 Å². The number of nitrogens with one attached hydrogen (secondary N) is 2. The molecule has 1 amide bonds. The lowest BCUT2D eigenvalue weighted by Crippen LogP contribution is -2.39. The Morgan fingerprint density at radius 2 is 2.17 bits per heavy atom. The van der Waals surface area contributed by atoms with Crippen molar-refractivity contribution in [3.8, 4) is 5.88 Å². The van der Waals surface area contributed by atoms with Gasteiger partial charge in [0.05, 0.1) is 13.2 Å². The van der Waals surface area contributed by atoms with Gasteiger partial charge in [-0.1, -0.05) is 12.5 Å². The van der Waals surface area contributed by atoms with Crippen LogP contribution in [0.15, 0.2) is 23.3 Å². The van der Waals surface area contributed by atoms with Crippen molar-refractivity contribution in [3.63, 3.8) is 0 Å². The van der Waals surface area contributed by atoms with Crippen molar-refractivity contribution in [2.75, 3.05) is 32.8 Å². The molecule has 1 aromatic heterocycles. The lowest BCUT2D eigenvalue weighted by molar-refractivity contribution is -0.130. The quantitative estimate of drug-likeness (QED) is 0.358. The SMILES string of the molecule is CCNC(=NCc1ccc(OCC2CC2)nc1)NCCCN1CCCCCC1=O. The van der Waals surface area contributed by atoms with Gasteiger partial charge in [-0.25, -0.2) is 9.98 Å². The van der Waals surface area contributed by atoms with E-state index in [9.17, 15) is 4.79 Å². The van der Waals surface area contributed by atoms with Crippen LogP contribution in [-0.4, -0.2) is 54.5 Å². The van der Waals surface area contributed by atoms with E-state index in [1.54, 1.807) is 0 Å². The number of ether oxygens (including phenoxy) is 1. The molecule has 29 heavy (non-hydrogen) atoms. The van der Waals surface area contributed by atoms with Gasteiger partial charge in [0.2, 0.25) is 11.8 Å². The maximum atomic E-state index is 12.1. The molecule has 0 spiro atoms. The van der Waals surface area contributed by atoms with Crippen LogP contribution in [0, 0.1) is 5.92 Å². The average molecular weight is 402 g/mol. The van der Waals surface area contributed by atoms with Gasteiger partial charge in [-0.15, -0.1) is 0 Å². The third kappa shape index (κ3) is 7.91. The molecule has 2 aliphatic rings. The lowest BCUT2D eigenvalue weighted by Gasteiger charge is -2.20. The molecule has 0 radical (unpaired) electrons. The van der Waals surface area contributed by atoms with Crippen molar-refractivity contribution in [2.24, 2.45) is 10.9 Å². The van der Waals surface area contributed by atoms with Crippen LogP contribution in [0.1, 0.15) is 57.4 Å². The van der Waals surface area contributed by atoms with Gasteiger partial charge in [-0.05, 0) is 50.5 Å². The zero-order valence-corrected chi connectivity index (χ0v) is 17.7. The summed E-state index contributed by atoms with van der Waals surface area (Å²) in [6, 6.07) is 3.94. The maximum Gasteiger partial charge on any atom is 0.222 e. The second-order valence-electron chi connectivity index (χ2n) is 7.93. The summed E-state index contributed by atoms with van der Waals surface area (Å²) in [6.07, 6.45) is 9.35. The Hall–Kier alpha value is -2.31. The molecule has 0 aromatic carbocycles. The van der Waals surface area contributed by atoms with Crippen molar-refractivity contribution in [3.05, 3.63) is 23.9 Å². The molecule has 1 aromatic rings. The molecule has 1 aliphatic carbocycles. The first-order valence-electron chi connectivity index (χ1n) is 11.1. The standard InChI is InChI=1S/C22H35N5O2/c1-2-23-22(24-12-6-14-27-13-5-3-4-7-21(27)28)26-16-19-10-11-20(25-15-19)29-17-18-8-9-18/h10-11,15,18H,2-9,12-14,16-17H2,1H3,(H2,23,24,26). The highest BCUT2D eigenvalue weighted by Gasteiger charge is 2.22. The fraction of sp³-hybridized carbons (Fsp3) is 0.682. The van der Waals surface area contributed by atoms with Gasteiger partial charge in [0.1, 0.15) is 0 Å². The second kappa shape index (κ2) is 11.6. The summed E-state index contributed by atoms with van der Waals surface area (Å²) >= 11 is 0. The predicted molar refractivity (Wildman–Crippen MR) is 115 cm³/mol. The van der Waals surface area contributed by atoms with Gasteiger partial charge in [0.25, 0.3) is 0 Å². The normalized spacial score (nSPS) is 17.8. The molecule has 2 fully saturated rings. The number of amides is 1. The summed E-state index contributed by atoms with van der Waals surface area (Å²) in [7, 11) is 0. The molecule has 1 saturated carbocycles. The van der Waals surface area contributed by atoms with Gasteiger partial charge < -0.3 is 20.3 Å². The van der Waals surface area contributed by atoms with Crippen LogP contribution < -0.4 is 15.4 Å². The number of pyridine rings is 1. The Morgan fingerprint density at radius 1 is 1.28 bits per heavy atom. The highest BCUT2D eigenvalue weighted by molar-refractivity contribution is 5.79. The van der Waals surface area contributed by atoms with Gasteiger partial charge in [-0.2, -0.15) is 0 Å².